The molecule has 21 heavy (non-hydrogen) atoms. The number of nitrogens with zero attached hydrogens (tertiary/aromatic N) is 2. The molecule has 4 heteroatoms. The molecule has 0 spiro atoms. The second-order valence-corrected chi connectivity index (χ2v) is 4.99. The molecule has 0 aliphatic heterocycles. The standard InChI is InChI=1S/C17H22N2O2/c1-14-15(7-5-9-18-14)12-19(10-11-20)13-16-6-3-4-8-17(16)21-2/h3-9,20H,10-13H2,1-2H3. The predicted molar refractivity (Wildman–Crippen MR) is 83.2 cm³/mol. The Bertz CT molecular complexity index is 572. The van der Waals surface area contributed by atoms with Crippen LogP contribution < -0.4 is 4.74 Å². The third-order valence-corrected chi connectivity index (χ3v) is 3.51. The SMILES string of the molecule is COc1ccccc1CN(CCO)Cc1cccnc1C. The van der Waals surface area contributed by atoms with Crippen molar-refractivity contribution in [2.45, 2.75) is 20.0 Å². The van der Waals surface area contributed by atoms with Crippen LogP contribution in [0.2, 0.25) is 0 Å². The third kappa shape index (κ3) is 4.28. The lowest BCUT2D eigenvalue weighted by Gasteiger charge is -2.23. The molecule has 0 atom stereocenters. The molecule has 2 aromatic rings. The van der Waals surface area contributed by atoms with Gasteiger partial charge in [0.15, 0.2) is 0 Å². The van der Waals surface area contributed by atoms with Crippen LogP contribution in [0.15, 0.2) is 42.6 Å². The molecule has 4 nitrogen and oxygen atoms in total. The number of hydrogen-bond donors (Lipinski definition) is 1. The van der Waals surface area contributed by atoms with Crippen molar-refractivity contribution < 1.29 is 9.84 Å². The second-order valence-electron chi connectivity index (χ2n) is 4.99. The summed E-state index contributed by atoms with van der Waals surface area (Å²) in [7, 11) is 1.68. The molecule has 0 radical (unpaired) electrons. The Balaban J connectivity index is 2.14. The first-order chi connectivity index (χ1) is 10.2. The molecular weight excluding hydrogens is 264 g/mol. The van der Waals surface area contributed by atoms with Gasteiger partial charge in [0.2, 0.25) is 0 Å². The minimum absolute atomic E-state index is 0.133. The van der Waals surface area contributed by atoms with E-state index in [4.69, 9.17) is 4.74 Å². The number of benzene rings is 1. The van der Waals surface area contributed by atoms with Crippen LogP contribution in [0.5, 0.6) is 5.75 Å². The lowest BCUT2D eigenvalue weighted by Crippen LogP contribution is -2.26. The molecule has 0 amide bonds. The number of para-hydroxylation sites is 1. The van der Waals surface area contributed by atoms with Crippen LogP contribution in [0.1, 0.15) is 16.8 Å². The molecule has 0 saturated carbocycles. The van der Waals surface area contributed by atoms with Crippen LogP contribution in [0.4, 0.5) is 0 Å². The summed E-state index contributed by atoms with van der Waals surface area (Å²) in [6.45, 7) is 4.26. The Labute approximate surface area is 126 Å². The first kappa shape index (κ1) is 15.5. The lowest BCUT2D eigenvalue weighted by atomic mass is 10.1. The Hall–Kier alpha value is -1.91. The van der Waals surface area contributed by atoms with E-state index in [-0.39, 0.29) is 6.61 Å². The number of aliphatic hydroxyl groups is 1. The van der Waals surface area contributed by atoms with Crippen molar-refractivity contribution in [1.82, 2.24) is 9.88 Å². The average molecular weight is 286 g/mol. The fraction of sp³-hybridized carbons (Fsp3) is 0.353. The zero-order valence-corrected chi connectivity index (χ0v) is 12.6. The van der Waals surface area contributed by atoms with Gasteiger partial charge in [-0.3, -0.25) is 9.88 Å². The van der Waals surface area contributed by atoms with E-state index in [2.05, 4.69) is 22.0 Å². The summed E-state index contributed by atoms with van der Waals surface area (Å²) in [6.07, 6.45) is 1.80. The van der Waals surface area contributed by atoms with Gasteiger partial charge in [0.25, 0.3) is 0 Å². The van der Waals surface area contributed by atoms with E-state index in [0.29, 0.717) is 6.54 Å². The zero-order chi connectivity index (χ0) is 15.1. The fourth-order valence-electron chi connectivity index (χ4n) is 2.36. The molecule has 1 N–H and O–H groups in total. The van der Waals surface area contributed by atoms with E-state index in [0.717, 1.165) is 30.1 Å². The summed E-state index contributed by atoms with van der Waals surface area (Å²) in [5, 5.41) is 9.30. The highest BCUT2D eigenvalue weighted by molar-refractivity contribution is 5.33. The van der Waals surface area contributed by atoms with Gasteiger partial charge in [-0.2, -0.15) is 0 Å². The molecular formula is C17H22N2O2. The maximum atomic E-state index is 9.30. The monoisotopic (exact) mass is 286 g/mol. The summed E-state index contributed by atoms with van der Waals surface area (Å²) in [6, 6.07) is 12.0. The lowest BCUT2D eigenvalue weighted by molar-refractivity contribution is 0.182. The van der Waals surface area contributed by atoms with Gasteiger partial charge in [0, 0.05) is 37.1 Å². The van der Waals surface area contributed by atoms with Gasteiger partial charge in [0.1, 0.15) is 5.75 Å². The summed E-state index contributed by atoms with van der Waals surface area (Å²) in [4.78, 5) is 6.52. The maximum absolute atomic E-state index is 9.30. The van der Waals surface area contributed by atoms with Crippen molar-refractivity contribution in [2.24, 2.45) is 0 Å². The van der Waals surface area contributed by atoms with Crippen LogP contribution in [0, 0.1) is 6.92 Å². The van der Waals surface area contributed by atoms with Crippen molar-refractivity contribution in [1.29, 1.82) is 0 Å². The summed E-state index contributed by atoms with van der Waals surface area (Å²) >= 11 is 0. The number of ether oxygens (including phenoxy) is 1. The highest BCUT2D eigenvalue weighted by atomic mass is 16.5. The smallest absolute Gasteiger partial charge is 0.123 e. The zero-order valence-electron chi connectivity index (χ0n) is 12.6. The van der Waals surface area contributed by atoms with Crippen LogP contribution in [-0.2, 0) is 13.1 Å². The molecule has 0 aliphatic rings. The van der Waals surface area contributed by atoms with Gasteiger partial charge in [-0.25, -0.2) is 0 Å². The molecule has 0 fully saturated rings. The van der Waals surface area contributed by atoms with E-state index in [1.165, 1.54) is 5.56 Å². The number of hydrogen-bond acceptors (Lipinski definition) is 4. The Morgan fingerprint density at radius 2 is 1.81 bits per heavy atom. The highest BCUT2D eigenvalue weighted by Crippen LogP contribution is 2.20. The molecule has 0 unspecified atom stereocenters. The van der Waals surface area contributed by atoms with E-state index in [1.54, 1.807) is 13.3 Å². The fourth-order valence-corrected chi connectivity index (χ4v) is 2.36. The number of rotatable bonds is 7. The first-order valence-corrected chi connectivity index (χ1v) is 7.10. The van der Waals surface area contributed by atoms with Crippen molar-refractivity contribution in [2.75, 3.05) is 20.3 Å². The van der Waals surface area contributed by atoms with Gasteiger partial charge < -0.3 is 9.84 Å². The minimum atomic E-state index is 0.133. The summed E-state index contributed by atoms with van der Waals surface area (Å²) in [5.74, 6) is 0.878. The number of pyridine rings is 1. The average Bonchev–Trinajstić information content (AvgIpc) is 2.50. The van der Waals surface area contributed by atoms with Crippen molar-refractivity contribution in [3.63, 3.8) is 0 Å². The largest absolute Gasteiger partial charge is 0.496 e. The van der Waals surface area contributed by atoms with Crippen molar-refractivity contribution in [3.8, 4) is 5.75 Å². The van der Waals surface area contributed by atoms with Gasteiger partial charge in [0.05, 0.1) is 13.7 Å². The number of aryl methyl sites for hydroxylation is 1. The van der Waals surface area contributed by atoms with Crippen LogP contribution in [0.3, 0.4) is 0 Å². The molecule has 0 saturated heterocycles. The molecule has 1 aromatic heterocycles. The second kappa shape index (κ2) is 7.76. The van der Waals surface area contributed by atoms with Gasteiger partial charge in [-0.1, -0.05) is 24.3 Å². The topological polar surface area (TPSA) is 45.6 Å². The normalized spacial score (nSPS) is 10.9. The van der Waals surface area contributed by atoms with Crippen molar-refractivity contribution in [3.05, 3.63) is 59.4 Å². The molecule has 112 valence electrons. The van der Waals surface area contributed by atoms with Gasteiger partial charge in [-0.05, 0) is 24.6 Å². The van der Waals surface area contributed by atoms with E-state index in [1.807, 2.05) is 31.2 Å². The minimum Gasteiger partial charge on any atom is -0.496 e. The van der Waals surface area contributed by atoms with Gasteiger partial charge in [-0.15, -0.1) is 0 Å². The van der Waals surface area contributed by atoms with Crippen LogP contribution >= 0.6 is 0 Å². The Morgan fingerprint density at radius 1 is 1.10 bits per heavy atom. The first-order valence-electron chi connectivity index (χ1n) is 7.10. The van der Waals surface area contributed by atoms with E-state index in [9.17, 15) is 5.11 Å². The number of methoxy groups -OCH3 is 1. The highest BCUT2D eigenvalue weighted by Gasteiger charge is 2.11. The molecule has 0 aliphatic carbocycles. The Morgan fingerprint density at radius 3 is 2.52 bits per heavy atom. The summed E-state index contributed by atoms with van der Waals surface area (Å²) in [5.41, 5.74) is 3.33. The molecule has 1 heterocycles. The van der Waals surface area contributed by atoms with Crippen LogP contribution in [-0.4, -0.2) is 35.3 Å². The molecule has 2 rings (SSSR count). The third-order valence-electron chi connectivity index (χ3n) is 3.51. The van der Waals surface area contributed by atoms with Crippen molar-refractivity contribution >= 4 is 0 Å². The number of aliphatic hydroxyl groups excluding tert-OH is 1. The van der Waals surface area contributed by atoms with E-state index < -0.39 is 0 Å². The quantitative estimate of drug-likeness (QED) is 0.849. The molecule has 1 aromatic carbocycles. The van der Waals surface area contributed by atoms with Crippen LogP contribution in [0.25, 0.3) is 0 Å². The Kier molecular flexibility index (Phi) is 5.72. The molecule has 0 bridgehead atoms. The van der Waals surface area contributed by atoms with Gasteiger partial charge >= 0.3 is 0 Å². The predicted octanol–water partition coefficient (Wildman–Crippen LogP) is 2.39. The van der Waals surface area contributed by atoms with E-state index >= 15 is 0 Å². The summed E-state index contributed by atoms with van der Waals surface area (Å²) < 4.78 is 5.40. The maximum Gasteiger partial charge on any atom is 0.123 e. The number of aromatic nitrogens is 1.